The van der Waals surface area contributed by atoms with Gasteiger partial charge in [0.15, 0.2) is 0 Å². The number of hydrogen-bond acceptors (Lipinski definition) is 4. The summed E-state index contributed by atoms with van der Waals surface area (Å²) in [4.78, 5) is 25.8. The van der Waals surface area contributed by atoms with E-state index in [1.54, 1.807) is 0 Å². The minimum Gasteiger partial charge on any atom is -0.492 e. The van der Waals surface area contributed by atoms with Crippen LogP contribution in [0.25, 0.3) is 0 Å². The maximum atomic E-state index is 12.6. The Labute approximate surface area is 187 Å². The van der Waals surface area contributed by atoms with Gasteiger partial charge in [-0.25, -0.2) is 0 Å². The number of hydrogen-bond donors (Lipinski definition) is 2. The van der Waals surface area contributed by atoms with Gasteiger partial charge in [-0.2, -0.15) is 0 Å². The zero-order chi connectivity index (χ0) is 22.1. The molecule has 1 unspecified atom stereocenters. The van der Waals surface area contributed by atoms with Crippen molar-refractivity contribution in [3.63, 3.8) is 0 Å². The molecule has 0 aromatic heterocycles. The number of nitrogens with one attached hydrogen (secondary N) is 2. The first-order valence-corrected chi connectivity index (χ1v) is 11.1. The Hall–Kier alpha value is -3.25. The number of rotatable bonds is 9. The quantitative estimate of drug-likeness (QED) is 0.443. The number of para-hydroxylation sites is 2. The third kappa shape index (κ3) is 6.89. The summed E-state index contributed by atoms with van der Waals surface area (Å²) in [5, 5.41) is 5.54. The molecule has 0 heterocycles. The lowest BCUT2D eigenvalue weighted by molar-refractivity contribution is -0.116. The molecule has 0 aliphatic rings. The second-order valence-corrected chi connectivity index (χ2v) is 8.33. The molecule has 6 heteroatoms. The first-order chi connectivity index (χ1) is 15.0. The van der Waals surface area contributed by atoms with Crippen molar-refractivity contribution >= 4 is 35.0 Å². The van der Waals surface area contributed by atoms with Gasteiger partial charge in [0, 0.05) is 10.6 Å². The van der Waals surface area contributed by atoms with Crippen molar-refractivity contribution in [1.29, 1.82) is 0 Å². The molecule has 0 radical (unpaired) electrons. The fraction of sp³-hybridized carbons (Fsp3) is 0.200. The maximum absolute atomic E-state index is 12.6. The summed E-state index contributed by atoms with van der Waals surface area (Å²) in [6.45, 7) is 4.30. The van der Waals surface area contributed by atoms with Crippen LogP contribution in [0.2, 0.25) is 0 Å². The first kappa shape index (κ1) is 22.4. The van der Waals surface area contributed by atoms with Crippen LogP contribution in [0, 0.1) is 0 Å². The van der Waals surface area contributed by atoms with Crippen molar-refractivity contribution in [2.24, 2.45) is 0 Å². The molecule has 3 aromatic rings. The van der Waals surface area contributed by atoms with E-state index < -0.39 is 0 Å². The monoisotopic (exact) mass is 434 g/mol. The Morgan fingerprint density at radius 1 is 0.903 bits per heavy atom. The van der Waals surface area contributed by atoms with Crippen LogP contribution >= 0.6 is 11.8 Å². The number of ether oxygens (including phenoxy) is 1. The van der Waals surface area contributed by atoms with Gasteiger partial charge in [-0.05, 0) is 55.8 Å². The number of carbonyl (C=O) groups excluding carboxylic acids is 2. The molecule has 1 atom stereocenters. The minimum absolute atomic E-state index is 0.0627. The molecule has 0 bridgehead atoms. The molecule has 5 nitrogen and oxygen atoms in total. The fourth-order valence-electron chi connectivity index (χ4n) is 2.95. The number of carbonyl (C=O) groups is 2. The van der Waals surface area contributed by atoms with Crippen LogP contribution < -0.4 is 15.4 Å². The standard InChI is InChI=1S/C25H26N2O3S/c1-3-30-23-12-8-7-11-22(23)27-25(29)18(2)31-21-15-13-20(14-16-21)26-24(28)17-19-9-5-4-6-10-19/h4-16,18H,3,17H2,1-2H3,(H,26,28)(H,27,29). The van der Waals surface area contributed by atoms with Gasteiger partial charge >= 0.3 is 0 Å². The summed E-state index contributed by atoms with van der Waals surface area (Å²) in [7, 11) is 0. The van der Waals surface area contributed by atoms with Gasteiger partial charge in [-0.3, -0.25) is 9.59 Å². The van der Waals surface area contributed by atoms with Gasteiger partial charge in [0.05, 0.1) is 24.0 Å². The van der Waals surface area contributed by atoms with Gasteiger partial charge in [-0.15, -0.1) is 11.8 Å². The summed E-state index contributed by atoms with van der Waals surface area (Å²) in [6, 6.07) is 24.5. The van der Waals surface area contributed by atoms with Gasteiger partial charge < -0.3 is 15.4 Å². The summed E-state index contributed by atoms with van der Waals surface area (Å²) in [6.07, 6.45) is 0.331. The van der Waals surface area contributed by atoms with Crippen molar-refractivity contribution in [1.82, 2.24) is 0 Å². The lowest BCUT2D eigenvalue weighted by atomic mass is 10.1. The SMILES string of the molecule is CCOc1ccccc1NC(=O)C(C)Sc1ccc(NC(=O)Cc2ccccc2)cc1. The molecule has 2 N–H and O–H groups in total. The normalized spacial score (nSPS) is 11.4. The first-order valence-electron chi connectivity index (χ1n) is 10.2. The number of amides is 2. The van der Waals surface area contributed by atoms with Crippen LogP contribution in [0.15, 0.2) is 83.8 Å². The molecule has 0 saturated carbocycles. The maximum Gasteiger partial charge on any atom is 0.237 e. The zero-order valence-electron chi connectivity index (χ0n) is 17.6. The number of anilines is 2. The highest BCUT2D eigenvalue weighted by Crippen LogP contribution is 2.28. The average molecular weight is 435 g/mol. The van der Waals surface area contributed by atoms with Gasteiger partial charge in [0.2, 0.25) is 11.8 Å². The molecule has 3 aromatic carbocycles. The van der Waals surface area contributed by atoms with Crippen LogP contribution in [0.1, 0.15) is 19.4 Å². The van der Waals surface area contributed by atoms with Crippen LogP contribution in [0.3, 0.4) is 0 Å². The molecule has 160 valence electrons. The number of thioether (sulfide) groups is 1. The third-order valence-electron chi connectivity index (χ3n) is 4.47. The van der Waals surface area contributed by atoms with E-state index in [4.69, 9.17) is 4.74 Å². The lowest BCUT2D eigenvalue weighted by Crippen LogP contribution is -2.22. The molecule has 3 rings (SSSR count). The molecule has 2 amide bonds. The van der Waals surface area contributed by atoms with E-state index in [0.29, 0.717) is 24.5 Å². The predicted octanol–water partition coefficient (Wildman–Crippen LogP) is 5.39. The highest BCUT2D eigenvalue weighted by molar-refractivity contribution is 8.00. The highest BCUT2D eigenvalue weighted by Gasteiger charge is 2.16. The topological polar surface area (TPSA) is 67.4 Å². The number of benzene rings is 3. The summed E-state index contributed by atoms with van der Waals surface area (Å²) in [5.41, 5.74) is 2.37. The minimum atomic E-state index is -0.298. The summed E-state index contributed by atoms with van der Waals surface area (Å²) in [5.74, 6) is 0.496. The Bertz CT molecular complexity index is 1010. The van der Waals surface area contributed by atoms with E-state index in [9.17, 15) is 9.59 Å². The van der Waals surface area contributed by atoms with Crippen molar-refractivity contribution in [3.05, 3.63) is 84.4 Å². The predicted molar refractivity (Wildman–Crippen MR) is 127 cm³/mol. The van der Waals surface area contributed by atoms with E-state index in [1.165, 1.54) is 11.8 Å². The van der Waals surface area contributed by atoms with E-state index >= 15 is 0 Å². The van der Waals surface area contributed by atoms with Crippen LogP contribution in [-0.2, 0) is 16.0 Å². The zero-order valence-corrected chi connectivity index (χ0v) is 18.4. The van der Waals surface area contributed by atoms with Gasteiger partial charge in [-0.1, -0.05) is 42.5 Å². The lowest BCUT2D eigenvalue weighted by Gasteiger charge is -2.15. The van der Waals surface area contributed by atoms with Crippen LogP contribution in [-0.4, -0.2) is 23.7 Å². The van der Waals surface area contributed by atoms with E-state index in [2.05, 4.69) is 10.6 Å². The highest BCUT2D eigenvalue weighted by atomic mass is 32.2. The van der Waals surface area contributed by atoms with E-state index in [1.807, 2.05) is 92.7 Å². The van der Waals surface area contributed by atoms with Gasteiger partial charge in [0.1, 0.15) is 5.75 Å². The molecule has 31 heavy (non-hydrogen) atoms. The Kier molecular flexibility index (Phi) is 8.12. The fourth-order valence-corrected chi connectivity index (χ4v) is 3.81. The van der Waals surface area contributed by atoms with E-state index in [-0.39, 0.29) is 17.1 Å². The Morgan fingerprint density at radius 2 is 1.58 bits per heavy atom. The molecule has 0 saturated heterocycles. The van der Waals surface area contributed by atoms with Crippen molar-refractivity contribution in [2.75, 3.05) is 17.2 Å². The van der Waals surface area contributed by atoms with Crippen molar-refractivity contribution in [2.45, 2.75) is 30.4 Å². The molecule has 0 aliphatic carbocycles. The van der Waals surface area contributed by atoms with Gasteiger partial charge in [0.25, 0.3) is 0 Å². The van der Waals surface area contributed by atoms with Crippen LogP contribution in [0.5, 0.6) is 5.75 Å². The molecular formula is C25H26N2O3S. The summed E-state index contributed by atoms with van der Waals surface area (Å²) < 4.78 is 5.56. The Balaban J connectivity index is 1.53. The third-order valence-corrected chi connectivity index (χ3v) is 5.58. The average Bonchev–Trinajstić information content (AvgIpc) is 2.77. The molecule has 0 fully saturated rings. The summed E-state index contributed by atoms with van der Waals surface area (Å²) >= 11 is 1.45. The molecule has 0 aliphatic heterocycles. The van der Waals surface area contributed by atoms with E-state index in [0.717, 1.165) is 16.1 Å². The smallest absolute Gasteiger partial charge is 0.237 e. The molecular weight excluding hydrogens is 408 g/mol. The second-order valence-electron chi connectivity index (χ2n) is 6.91. The largest absolute Gasteiger partial charge is 0.492 e. The molecule has 0 spiro atoms. The van der Waals surface area contributed by atoms with Crippen molar-refractivity contribution < 1.29 is 14.3 Å². The Morgan fingerprint density at radius 3 is 2.29 bits per heavy atom. The van der Waals surface area contributed by atoms with Crippen molar-refractivity contribution in [3.8, 4) is 5.75 Å². The van der Waals surface area contributed by atoms with Crippen LogP contribution in [0.4, 0.5) is 11.4 Å². The second kappa shape index (κ2) is 11.2.